The van der Waals surface area contributed by atoms with E-state index in [2.05, 4.69) is 131 Å². The molecule has 0 N–H and O–H groups in total. The second kappa shape index (κ2) is 24.5. The first kappa shape index (κ1) is 38.6. The van der Waals surface area contributed by atoms with Gasteiger partial charge in [0, 0.05) is 0 Å². The molecule has 0 aliphatic heterocycles. The van der Waals surface area contributed by atoms with Crippen LogP contribution in [0.4, 0.5) is 0 Å². The van der Waals surface area contributed by atoms with Crippen molar-refractivity contribution >= 4 is 0 Å². The van der Waals surface area contributed by atoms with E-state index in [0.717, 1.165) is 11.8 Å². The van der Waals surface area contributed by atoms with Crippen LogP contribution in [0.1, 0.15) is 75.6 Å². The number of hydrogen-bond acceptors (Lipinski definition) is 0. The largest absolute Gasteiger partial charge is 2.00 e. The molecule has 0 spiro atoms. The van der Waals surface area contributed by atoms with Crippen molar-refractivity contribution in [3.8, 4) is 0 Å². The molecule has 0 aliphatic rings. The van der Waals surface area contributed by atoms with Crippen LogP contribution in [0.5, 0.6) is 0 Å². The van der Waals surface area contributed by atoms with Gasteiger partial charge in [-0.15, -0.1) is 41.8 Å². The zero-order chi connectivity index (χ0) is 25.1. The Labute approximate surface area is 265 Å². The first-order chi connectivity index (χ1) is 17.2. The van der Waals surface area contributed by atoms with Crippen molar-refractivity contribution in [1.29, 1.82) is 0 Å². The number of rotatable bonds is 10. The van der Waals surface area contributed by atoms with Crippen molar-refractivity contribution in [2.75, 3.05) is 0 Å². The van der Waals surface area contributed by atoms with Gasteiger partial charge in [0.05, 0.1) is 0 Å². The van der Waals surface area contributed by atoms with Crippen molar-refractivity contribution in [2.45, 2.75) is 66.2 Å². The van der Waals surface area contributed by atoms with Gasteiger partial charge in [-0.05, 0) is 11.8 Å². The van der Waals surface area contributed by atoms with Crippen LogP contribution < -0.4 is 24.8 Å². The van der Waals surface area contributed by atoms with Crippen LogP contribution in [-0.4, -0.2) is 0 Å². The van der Waals surface area contributed by atoms with Gasteiger partial charge in [-0.2, -0.15) is 35.4 Å². The van der Waals surface area contributed by atoms with Crippen LogP contribution >= 0.6 is 0 Å². The van der Waals surface area contributed by atoms with Gasteiger partial charge in [0.15, 0.2) is 0 Å². The standard InChI is InChI=1S/C13H11.2C11H17.2ClH.Zr/c1-3-7-12(8-4-1)11-13-9-5-2-6-10-13;2*1-3-10(4-2)9-11-7-5-6-8-11;;;/h1-11H;2*5-8,10H,3-4,9H2,1-2H3;2*1H;/q3*-1;;;+2/p-2. The molecule has 0 aliphatic carbocycles. The summed E-state index contributed by atoms with van der Waals surface area (Å²) >= 11 is 0. The third-order valence-electron chi connectivity index (χ3n) is 6.75. The first-order valence-corrected chi connectivity index (χ1v) is 13.5. The van der Waals surface area contributed by atoms with Crippen LogP contribution in [0, 0.1) is 18.3 Å². The molecule has 3 heteroatoms. The van der Waals surface area contributed by atoms with Crippen LogP contribution in [0.25, 0.3) is 0 Å². The molecule has 4 rings (SSSR count). The fourth-order valence-corrected chi connectivity index (χ4v) is 4.21. The van der Waals surface area contributed by atoms with E-state index in [-0.39, 0.29) is 51.0 Å². The monoisotopic (exact) mass is 625 g/mol. The van der Waals surface area contributed by atoms with Gasteiger partial charge < -0.3 is 24.8 Å². The van der Waals surface area contributed by atoms with Crippen molar-refractivity contribution < 1.29 is 51.0 Å². The van der Waals surface area contributed by atoms with Crippen LogP contribution in [0.15, 0.2) is 109 Å². The molecule has 0 bridgehead atoms. The van der Waals surface area contributed by atoms with Crippen molar-refractivity contribution in [2.24, 2.45) is 11.8 Å². The predicted molar refractivity (Wildman–Crippen MR) is 155 cm³/mol. The van der Waals surface area contributed by atoms with E-state index in [9.17, 15) is 0 Å². The van der Waals surface area contributed by atoms with E-state index in [0.29, 0.717) is 0 Å². The molecule has 0 aromatic heterocycles. The SMILES string of the molecule is CCC(CC)C[c-]1cccc1.CCC(CC)C[c-]1cccc1.[Cl-].[Cl-].[Zr+2].c1ccc([CH-]c2ccccc2)cc1. The molecule has 4 aromatic carbocycles. The molecule has 0 saturated heterocycles. The van der Waals surface area contributed by atoms with E-state index >= 15 is 0 Å². The zero-order valence-electron chi connectivity index (χ0n) is 23.6. The summed E-state index contributed by atoms with van der Waals surface area (Å²) in [5.41, 5.74) is 5.49. The Morgan fingerprint density at radius 1 is 0.500 bits per heavy atom. The summed E-state index contributed by atoms with van der Waals surface area (Å²) in [4.78, 5) is 0. The topological polar surface area (TPSA) is 0 Å². The molecule has 0 atom stereocenters. The number of benzene rings is 2. The zero-order valence-corrected chi connectivity index (χ0v) is 27.6. The maximum atomic E-state index is 2.27. The molecule has 206 valence electrons. The number of hydrogen-bond donors (Lipinski definition) is 0. The van der Waals surface area contributed by atoms with Gasteiger partial charge in [-0.25, -0.2) is 24.3 Å². The summed E-state index contributed by atoms with van der Waals surface area (Å²) in [5.74, 6) is 1.77. The van der Waals surface area contributed by atoms with E-state index < -0.39 is 0 Å². The Balaban J connectivity index is 0. The molecule has 38 heavy (non-hydrogen) atoms. The van der Waals surface area contributed by atoms with E-state index in [1.165, 1.54) is 60.8 Å². The maximum absolute atomic E-state index is 2.27. The van der Waals surface area contributed by atoms with Crippen LogP contribution in [-0.2, 0) is 39.0 Å². The Hall–Kier alpha value is -1.53. The Bertz CT molecular complexity index is 874. The minimum Gasteiger partial charge on any atom is -1.00 e. The fourth-order valence-electron chi connectivity index (χ4n) is 4.21. The van der Waals surface area contributed by atoms with Gasteiger partial charge in [-0.1, -0.05) is 103 Å². The van der Waals surface area contributed by atoms with Gasteiger partial charge in [0.1, 0.15) is 0 Å². The summed E-state index contributed by atoms with van der Waals surface area (Å²) in [7, 11) is 0. The molecular formula is C35H45Cl2Zr-3. The van der Waals surface area contributed by atoms with Gasteiger partial charge in [0.2, 0.25) is 0 Å². The summed E-state index contributed by atoms with van der Waals surface area (Å²) < 4.78 is 0. The van der Waals surface area contributed by atoms with Crippen LogP contribution in [0.2, 0.25) is 0 Å². The normalized spacial score (nSPS) is 9.53. The molecule has 0 heterocycles. The summed E-state index contributed by atoms with van der Waals surface area (Å²) in [5, 5.41) is 0. The molecule has 0 nitrogen and oxygen atoms in total. The minimum absolute atomic E-state index is 0. The van der Waals surface area contributed by atoms with E-state index in [1.807, 2.05) is 12.1 Å². The molecule has 0 radical (unpaired) electrons. The summed E-state index contributed by atoms with van der Waals surface area (Å²) in [6, 6.07) is 38.1. The molecular weight excluding hydrogens is 583 g/mol. The first-order valence-electron chi connectivity index (χ1n) is 13.5. The van der Waals surface area contributed by atoms with E-state index in [4.69, 9.17) is 0 Å². The molecule has 0 saturated carbocycles. The fraction of sp³-hybridized carbons (Fsp3) is 0.343. The Kier molecular flexibility index (Phi) is 24.9. The molecule has 0 unspecified atom stereocenters. The predicted octanol–water partition coefficient (Wildman–Crippen LogP) is 4.06. The second-order valence-corrected chi connectivity index (χ2v) is 9.33. The maximum Gasteiger partial charge on any atom is 2.00 e. The average molecular weight is 628 g/mol. The third kappa shape index (κ3) is 16.4. The minimum atomic E-state index is 0. The van der Waals surface area contributed by atoms with E-state index in [1.54, 1.807) is 0 Å². The Morgan fingerprint density at radius 3 is 1.05 bits per heavy atom. The third-order valence-corrected chi connectivity index (χ3v) is 6.75. The molecule has 4 aromatic rings. The quantitative estimate of drug-likeness (QED) is 0.233. The summed E-state index contributed by atoms with van der Waals surface area (Å²) in [6.07, 6.45) is 9.92. The molecule has 0 amide bonds. The van der Waals surface area contributed by atoms with Gasteiger partial charge in [-0.3, -0.25) is 0 Å². The van der Waals surface area contributed by atoms with Gasteiger partial charge >= 0.3 is 26.2 Å². The van der Waals surface area contributed by atoms with Crippen molar-refractivity contribution in [1.82, 2.24) is 0 Å². The number of halogens is 2. The Morgan fingerprint density at radius 2 is 0.789 bits per heavy atom. The average Bonchev–Trinajstić information content (AvgIpc) is 3.62. The summed E-state index contributed by atoms with van der Waals surface area (Å²) in [6.45, 7) is 9.10. The second-order valence-electron chi connectivity index (χ2n) is 9.33. The smallest absolute Gasteiger partial charge is 1.00 e. The van der Waals surface area contributed by atoms with Crippen molar-refractivity contribution in [3.05, 3.63) is 138 Å². The molecule has 0 fully saturated rings. The van der Waals surface area contributed by atoms with Gasteiger partial charge in [0.25, 0.3) is 0 Å². The van der Waals surface area contributed by atoms with Crippen LogP contribution in [0.3, 0.4) is 0 Å². The van der Waals surface area contributed by atoms with Crippen molar-refractivity contribution in [3.63, 3.8) is 0 Å².